The van der Waals surface area contributed by atoms with E-state index in [4.69, 9.17) is 9.15 Å². The Balaban J connectivity index is 1.31. The third-order valence-electron chi connectivity index (χ3n) is 6.40. The number of aromatic amines is 1. The van der Waals surface area contributed by atoms with Gasteiger partial charge in [0.15, 0.2) is 6.61 Å². The van der Waals surface area contributed by atoms with Crippen LogP contribution >= 0.6 is 0 Å². The molecule has 0 bridgehead atoms. The van der Waals surface area contributed by atoms with Gasteiger partial charge < -0.3 is 14.1 Å². The molecule has 2 aromatic heterocycles. The van der Waals surface area contributed by atoms with Crippen LogP contribution in [0.4, 0.5) is 0 Å². The number of hydrogen-bond donors (Lipinski definition) is 1. The van der Waals surface area contributed by atoms with Gasteiger partial charge >= 0.3 is 0 Å². The lowest BCUT2D eigenvalue weighted by atomic mass is 10.0. The summed E-state index contributed by atoms with van der Waals surface area (Å²) in [6.07, 6.45) is 3.54. The molecule has 36 heavy (non-hydrogen) atoms. The van der Waals surface area contributed by atoms with Crippen molar-refractivity contribution in [2.75, 3.05) is 13.6 Å². The molecule has 0 saturated heterocycles. The molecule has 3 aromatic carbocycles. The van der Waals surface area contributed by atoms with Crippen LogP contribution in [0.3, 0.4) is 0 Å². The fourth-order valence-electron chi connectivity index (χ4n) is 4.45. The van der Waals surface area contributed by atoms with E-state index in [1.165, 1.54) is 5.56 Å². The summed E-state index contributed by atoms with van der Waals surface area (Å²) in [5.74, 6) is 2.03. The van der Waals surface area contributed by atoms with Gasteiger partial charge in [0.2, 0.25) is 5.82 Å². The van der Waals surface area contributed by atoms with Crippen LogP contribution in [-0.4, -0.2) is 45.0 Å². The van der Waals surface area contributed by atoms with Gasteiger partial charge in [0.05, 0.1) is 5.56 Å². The van der Waals surface area contributed by atoms with Crippen molar-refractivity contribution in [3.63, 3.8) is 0 Å². The van der Waals surface area contributed by atoms with E-state index in [0.29, 0.717) is 17.9 Å². The third kappa shape index (κ3) is 4.93. The lowest BCUT2D eigenvalue weighted by molar-refractivity contribution is 0.0796. The number of carbonyl (C=O) groups excluding carboxylic acids is 1. The van der Waals surface area contributed by atoms with Crippen molar-refractivity contribution in [2.45, 2.75) is 39.2 Å². The minimum absolute atomic E-state index is 0.00319. The van der Waals surface area contributed by atoms with Gasteiger partial charge in [-0.2, -0.15) is 5.21 Å². The fourth-order valence-corrected chi connectivity index (χ4v) is 4.45. The first kappa shape index (κ1) is 23.5. The number of benzene rings is 3. The van der Waals surface area contributed by atoms with Gasteiger partial charge in [-0.3, -0.25) is 4.79 Å². The topological polar surface area (TPSA) is 97.1 Å². The monoisotopic (exact) mass is 483 g/mol. The molecule has 1 amide bonds. The molecule has 0 aliphatic rings. The van der Waals surface area contributed by atoms with Gasteiger partial charge in [0.25, 0.3) is 5.91 Å². The van der Waals surface area contributed by atoms with Crippen LogP contribution in [0.5, 0.6) is 5.75 Å². The predicted octanol–water partition coefficient (Wildman–Crippen LogP) is 5.34. The smallest absolute Gasteiger partial charge is 0.257 e. The normalized spacial score (nSPS) is 11.3. The maximum atomic E-state index is 13.5. The second-order valence-corrected chi connectivity index (χ2v) is 8.89. The zero-order valence-electron chi connectivity index (χ0n) is 20.5. The Morgan fingerprint density at radius 1 is 1.06 bits per heavy atom. The van der Waals surface area contributed by atoms with E-state index >= 15 is 0 Å². The van der Waals surface area contributed by atoms with E-state index in [2.05, 4.69) is 45.7 Å². The molecule has 0 radical (unpaired) electrons. The number of fused-ring (bicyclic) bond motifs is 2. The molecule has 184 valence electrons. The Kier molecular flexibility index (Phi) is 6.93. The van der Waals surface area contributed by atoms with Crippen molar-refractivity contribution in [2.24, 2.45) is 0 Å². The number of hydrogen-bond acceptors (Lipinski definition) is 6. The average molecular weight is 484 g/mol. The average Bonchev–Trinajstić information content (AvgIpc) is 3.56. The second kappa shape index (κ2) is 10.6. The van der Waals surface area contributed by atoms with Crippen molar-refractivity contribution >= 4 is 27.6 Å². The van der Waals surface area contributed by atoms with E-state index in [-0.39, 0.29) is 12.5 Å². The number of para-hydroxylation sites is 1. The van der Waals surface area contributed by atoms with E-state index in [9.17, 15) is 4.79 Å². The van der Waals surface area contributed by atoms with E-state index < -0.39 is 0 Å². The zero-order chi connectivity index (χ0) is 24.9. The number of nitrogens with one attached hydrogen (secondary N) is 1. The zero-order valence-corrected chi connectivity index (χ0v) is 20.5. The molecule has 0 unspecified atom stereocenters. The summed E-state index contributed by atoms with van der Waals surface area (Å²) < 4.78 is 11.9. The Bertz CT molecular complexity index is 1480. The van der Waals surface area contributed by atoms with Gasteiger partial charge in [0.1, 0.15) is 17.1 Å². The van der Waals surface area contributed by atoms with Gasteiger partial charge in [-0.1, -0.05) is 61.0 Å². The second-order valence-electron chi connectivity index (χ2n) is 8.89. The lowest BCUT2D eigenvalue weighted by Gasteiger charge is -2.18. The highest BCUT2D eigenvalue weighted by Gasteiger charge is 2.23. The summed E-state index contributed by atoms with van der Waals surface area (Å²) in [6.45, 7) is 2.99. The van der Waals surface area contributed by atoms with Crippen LogP contribution in [0.15, 0.2) is 65.1 Å². The number of tetrazole rings is 1. The molecule has 8 nitrogen and oxygen atoms in total. The van der Waals surface area contributed by atoms with Crippen molar-refractivity contribution in [1.82, 2.24) is 25.5 Å². The highest BCUT2D eigenvalue weighted by Crippen LogP contribution is 2.29. The van der Waals surface area contributed by atoms with E-state index in [1.54, 1.807) is 4.90 Å². The number of amides is 1. The lowest BCUT2D eigenvalue weighted by Crippen LogP contribution is -2.29. The van der Waals surface area contributed by atoms with Crippen molar-refractivity contribution < 1.29 is 13.9 Å². The van der Waals surface area contributed by atoms with Crippen LogP contribution in [0, 0.1) is 0 Å². The summed E-state index contributed by atoms with van der Waals surface area (Å²) in [6, 6.07) is 20.0. The van der Waals surface area contributed by atoms with Crippen molar-refractivity contribution in [1.29, 1.82) is 0 Å². The number of carbonyl (C=O) groups is 1. The standard InChI is InChI=1S/C28H29N5O3/c1-3-4-11-25-27(23-10-5-6-12-24(23)36-25)28(34)33(2)16-15-19-8-7-9-20-17-21(13-14-22(19)20)35-18-26-29-31-32-30-26/h5-10,12-14,17H,3-4,11,15-16,18H2,1-2H3,(H,29,30,31,32). The van der Waals surface area contributed by atoms with Gasteiger partial charge in [-0.05, 0) is 47.4 Å². The Labute approximate surface area is 209 Å². The number of aromatic nitrogens is 4. The number of nitrogens with zero attached hydrogens (tertiary/aromatic N) is 4. The highest BCUT2D eigenvalue weighted by atomic mass is 16.5. The molecule has 0 aliphatic heterocycles. The first-order valence-electron chi connectivity index (χ1n) is 12.3. The maximum absolute atomic E-state index is 13.5. The van der Waals surface area contributed by atoms with Crippen LogP contribution in [0.25, 0.3) is 21.7 Å². The van der Waals surface area contributed by atoms with Crippen LogP contribution in [0.1, 0.15) is 47.3 Å². The van der Waals surface area contributed by atoms with E-state index in [0.717, 1.165) is 58.9 Å². The van der Waals surface area contributed by atoms with Crippen LogP contribution < -0.4 is 4.74 Å². The maximum Gasteiger partial charge on any atom is 0.257 e. The number of ether oxygens (including phenoxy) is 1. The Hall–Kier alpha value is -4.20. The van der Waals surface area contributed by atoms with Gasteiger partial charge in [0, 0.05) is 25.4 Å². The molecular weight excluding hydrogens is 454 g/mol. The van der Waals surface area contributed by atoms with Crippen LogP contribution in [-0.2, 0) is 19.4 Å². The number of likely N-dealkylation sites (N-methyl/N-ethyl adjacent to an activating group) is 1. The predicted molar refractivity (Wildman–Crippen MR) is 138 cm³/mol. The molecule has 0 saturated carbocycles. The molecule has 0 fully saturated rings. The molecule has 1 N–H and O–H groups in total. The molecule has 5 aromatic rings. The Morgan fingerprint density at radius 2 is 1.94 bits per heavy atom. The molecular formula is C28H29N5O3. The summed E-state index contributed by atoms with van der Waals surface area (Å²) in [4.78, 5) is 15.3. The number of furan rings is 1. The largest absolute Gasteiger partial charge is 0.485 e. The van der Waals surface area contributed by atoms with Gasteiger partial charge in [-0.25, -0.2) is 0 Å². The third-order valence-corrected chi connectivity index (χ3v) is 6.40. The molecule has 8 heteroatoms. The highest BCUT2D eigenvalue weighted by molar-refractivity contribution is 6.07. The van der Waals surface area contributed by atoms with Gasteiger partial charge in [-0.15, -0.1) is 10.2 Å². The molecule has 2 heterocycles. The minimum atomic E-state index is 0.00319. The molecule has 0 aliphatic carbocycles. The van der Waals surface area contributed by atoms with E-state index in [1.807, 2.05) is 49.5 Å². The molecule has 5 rings (SSSR count). The quantitative estimate of drug-likeness (QED) is 0.288. The molecule has 0 atom stereocenters. The number of H-pyrrole nitrogens is 1. The Morgan fingerprint density at radius 3 is 2.78 bits per heavy atom. The fraction of sp³-hybridized carbons (Fsp3) is 0.286. The first-order valence-corrected chi connectivity index (χ1v) is 12.3. The number of unbranched alkanes of at least 4 members (excludes halogenated alkanes) is 1. The molecule has 0 spiro atoms. The summed E-state index contributed by atoms with van der Waals surface area (Å²) in [7, 11) is 1.86. The van der Waals surface area contributed by atoms with Crippen LogP contribution in [0.2, 0.25) is 0 Å². The summed E-state index contributed by atoms with van der Waals surface area (Å²) in [5.41, 5.74) is 2.65. The minimum Gasteiger partial charge on any atom is -0.485 e. The SMILES string of the molecule is CCCCc1oc2ccccc2c1C(=O)N(C)CCc1cccc2cc(OCc3nn[nH]n3)ccc12. The first-order chi connectivity index (χ1) is 17.6. The summed E-state index contributed by atoms with van der Waals surface area (Å²) >= 11 is 0. The van der Waals surface area contributed by atoms with Crippen molar-refractivity contribution in [3.8, 4) is 5.75 Å². The van der Waals surface area contributed by atoms with Crippen molar-refractivity contribution in [3.05, 3.63) is 83.4 Å². The number of aryl methyl sites for hydroxylation is 1. The summed E-state index contributed by atoms with van der Waals surface area (Å²) in [5, 5.41) is 16.9. The number of rotatable bonds is 10.